The molecule has 0 spiro atoms. The van der Waals surface area contributed by atoms with Crippen molar-refractivity contribution < 1.29 is 14.4 Å². The van der Waals surface area contributed by atoms with Crippen LogP contribution in [0.3, 0.4) is 0 Å². The van der Waals surface area contributed by atoms with E-state index in [2.05, 4.69) is 16.0 Å². The number of aryl methyl sites for hydroxylation is 1. The van der Waals surface area contributed by atoms with Gasteiger partial charge in [-0.25, -0.2) is 0 Å². The maximum atomic E-state index is 11.8. The summed E-state index contributed by atoms with van der Waals surface area (Å²) in [5.74, 6) is -0.342. The average molecular weight is 337 g/mol. The molecule has 1 atom stereocenters. The molecule has 3 amide bonds. The molecular weight excluding hydrogens is 314 g/mol. The van der Waals surface area contributed by atoms with E-state index in [4.69, 9.17) is 0 Å². The smallest absolute Gasteiger partial charge is 0.242 e. The quantitative estimate of drug-likeness (QED) is 0.667. The molecule has 1 aromatic rings. The van der Waals surface area contributed by atoms with E-state index in [9.17, 15) is 14.4 Å². The van der Waals surface area contributed by atoms with Crippen LogP contribution in [0.2, 0.25) is 0 Å². The zero-order valence-electron chi connectivity index (χ0n) is 13.6. The Morgan fingerprint density at radius 2 is 1.70 bits per heavy atom. The second-order valence-electron chi connectivity index (χ2n) is 5.09. The van der Waals surface area contributed by atoms with Gasteiger partial charge in [-0.1, -0.05) is 17.7 Å². The molecule has 1 aromatic carbocycles. The van der Waals surface area contributed by atoms with Crippen LogP contribution in [-0.4, -0.2) is 41.8 Å². The van der Waals surface area contributed by atoms with Gasteiger partial charge in [0.15, 0.2) is 0 Å². The van der Waals surface area contributed by atoms with E-state index in [1.807, 2.05) is 38.1 Å². The van der Waals surface area contributed by atoms with Gasteiger partial charge in [0.2, 0.25) is 17.7 Å². The Morgan fingerprint density at radius 1 is 1.09 bits per heavy atom. The fraction of sp³-hybridized carbons (Fsp3) is 0.438. The lowest BCUT2D eigenvalue weighted by atomic mass is 10.2. The standard InChI is InChI=1S/C16H23N3O3S/c1-4-17-16(22)12(3)18-14(20)9-23-10-15(21)19-13-7-5-11(2)6-8-13/h5-8,12H,4,9-10H2,1-3H3,(H,17,22)(H,18,20)(H,19,21)/t12-/m1/s1. The molecule has 0 aliphatic carbocycles. The van der Waals surface area contributed by atoms with E-state index in [0.29, 0.717) is 6.54 Å². The Balaban J connectivity index is 2.25. The number of amides is 3. The molecule has 0 saturated carbocycles. The van der Waals surface area contributed by atoms with Crippen LogP contribution >= 0.6 is 11.8 Å². The highest BCUT2D eigenvalue weighted by atomic mass is 32.2. The number of anilines is 1. The first-order valence-corrected chi connectivity index (χ1v) is 8.59. The van der Waals surface area contributed by atoms with Crippen molar-refractivity contribution in [2.45, 2.75) is 26.8 Å². The van der Waals surface area contributed by atoms with Gasteiger partial charge >= 0.3 is 0 Å². The minimum absolute atomic E-state index is 0.130. The predicted molar refractivity (Wildman–Crippen MR) is 93.4 cm³/mol. The summed E-state index contributed by atoms with van der Waals surface area (Å²) in [7, 11) is 0. The Hall–Kier alpha value is -2.02. The number of thioether (sulfide) groups is 1. The van der Waals surface area contributed by atoms with Gasteiger partial charge in [0.1, 0.15) is 6.04 Å². The number of likely N-dealkylation sites (N-methyl/N-ethyl adjacent to an activating group) is 1. The summed E-state index contributed by atoms with van der Waals surface area (Å²) < 4.78 is 0. The molecule has 0 fully saturated rings. The molecule has 1 rings (SSSR count). The summed E-state index contributed by atoms with van der Waals surface area (Å²) in [6, 6.07) is 6.92. The molecule has 23 heavy (non-hydrogen) atoms. The van der Waals surface area contributed by atoms with Crippen molar-refractivity contribution in [3.63, 3.8) is 0 Å². The third kappa shape index (κ3) is 7.69. The van der Waals surface area contributed by atoms with E-state index in [0.717, 1.165) is 11.3 Å². The third-order valence-electron chi connectivity index (χ3n) is 2.92. The molecule has 3 N–H and O–H groups in total. The molecule has 0 unspecified atom stereocenters. The molecule has 0 aliphatic rings. The lowest BCUT2D eigenvalue weighted by Gasteiger charge is -2.13. The van der Waals surface area contributed by atoms with Crippen molar-refractivity contribution in [3.8, 4) is 0 Å². The number of benzene rings is 1. The Morgan fingerprint density at radius 3 is 2.30 bits per heavy atom. The summed E-state index contributed by atoms with van der Waals surface area (Å²) in [6.07, 6.45) is 0. The molecule has 0 aliphatic heterocycles. The number of hydrogen-bond donors (Lipinski definition) is 3. The normalized spacial score (nSPS) is 11.4. The topological polar surface area (TPSA) is 87.3 Å². The summed E-state index contributed by atoms with van der Waals surface area (Å²) >= 11 is 1.20. The third-order valence-corrected chi connectivity index (χ3v) is 3.86. The van der Waals surface area contributed by atoms with Crippen LogP contribution < -0.4 is 16.0 Å². The summed E-state index contributed by atoms with van der Waals surface area (Å²) in [6.45, 7) is 5.93. The fourth-order valence-electron chi connectivity index (χ4n) is 1.75. The number of carbonyl (C=O) groups excluding carboxylic acids is 3. The average Bonchev–Trinajstić information content (AvgIpc) is 2.49. The Bertz CT molecular complexity index is 546. The van der Waals surface area contributed by atoms with Crippen molar-refractivity contribution in [2.75, 3.05) is 23.4 Å². The maximum Gasteiger partial charge on any atom is 0.242 e. The van der Waals surface area contributed by atoms with E-state index in [1.54, 1.807) is 6.92 Å². The van der Waals surface area contributed by atoms with Crippen LogP contribution in [0.5, 0.6) is 0 Å². The van der Waals surface area contributed by atoms with Crippen LogP contribution in [-0.2, 0) is 14.4 Å². The number of nitrogens with one attached hydrogen (secondary N) is 3. The van der Waals surface area contributed by atoms with Gasteiger partial charge in [0, 0.05) is 12.2 Å². The van der Waals surface area contributed by atoms with Crippen molar-refractivity contribution in [3.05, 3.63) is 29.8 Å². The largest absolute Gasteiger partial charge is 0.355 e. The first kappa shape index (κ1) is 19.0. The SMILES string of the molecule is CCNC(=O)[C@@H](C)NC(=O)CSCC(=O)Nc1ccc(C)cc1. The molecular formula is C16H23N3O3S. The van der Waals surface area contributed by atoms with E-state index in [-0.39, 0.29) is 29.2 Å². The highest BCUT2D eigenvalue weighted by Crippen LogP contribution is 2.09. The minimum Gasteiger partial charge on any atom is -0.355 e. The molecule has 0 heterocycles. The van der Waals surface area contributed by atoms with E-state index < -0.39 is 6.04 Å². The van der Waals surface area contributed by atoms with E-state index >= 15 is 0 Å². The predicted octanol–water partition coefficient (Wildman–Crippen LogP) is 1.31. The molecule has 0 radical (unpaired) electrons. The van der Waals surface area contributed by atoms with Crippen molar-refractivity contribution >= 4 is 35.2 Å². The molecule has 0 aromatic heterocycles. The highest BCUT2D eigenvalue weighted by Gasteiger charge is 2.14. The van der Waals surface area contributed by atoms with Gasteiger partial charge in [-0.15, -0.1) is 11.8 Å². The minimum atomic E-state index is -0.579. The summed E-state index contributed by atoms with van der Waals surface area (Å²) in [5, 5.41) is 7.99. The van der Waals surface area contributed by atoms with Crippen LogP contribution in [0.1, 0.15) is 19.4 Å². The van der Waals surface area contributed by atoms with Gasteiger partial charge in [-0.05, 0) is 32.9 Å². The second kappa shape index (κ2) is 9.89. The maximum absolute atomic E-state index is 11.8. The lowest BCUT2D eigenvalue weighted by molar-refractivity contribution is -0.127. The monoisotopic (exact) mass is 337 g/mol. The molecule has 6 nitrogen and oxygen atoms in total. The summed E-state index contributed by atoms with van der Waals surface area (Å²) in [4.78, 5) is 35.0. The number of hydrogen-bond acceptors (Lipinski definition) is 4. The van der Waals surface area contributed by atoms with Gasteiger partial charge in [-0.3, -0.25) is 14.4 Å². The lowest BCUT2D eigenvalue weighted by Crippen LogP contribution is -2.45. The molecule has 7 heteroatoms. The zero-order chi connectivity index (χ0) is 17.2. The van der Waals surface area contributed by atoms with Crippen molar-refractivity contribution in [2.24, 2.45) is 0 Å². The first-order valence-electron chi connectivity index (χ1n) is 7.43. The van der Waals surface area contributed by atoms with Crippen LogP contribution in [0, 0.1) is 6.92 Å². The Kier molecular flexibility index (Phi) is 8.18. The second-order valence-corrected chi connectivity index (χ2v) is 6.08. The fourth-order valence-corrected chi connectivity index (χ4v) is 2.37. The van der Waals surface area contributed by atoms with Crippen molar-refractivity contribution in [1.29, 1.82) is 0 Å². The van der Waals surface area contributed by atoms with Gasteiger partial charge in [0.05, 0.1) is 11.5 Å². The zero-order valence-corrected chi connectivity index (χ0v) is 14.5. The number of carbonyl (C=O) groups is 3. The first-order chi connectivity index (χ1) is 10.9. The van der Waals surface area contributed by atoms with Gasteiger partial charge in [-0.2, -0.15) is 0 Å². The highest BCUT2D eigenvalue weighted by molar-refractivity contribution is 8.00. The van der Waals surface area contributed by atoms with Crippen LogP contribution in [0.4, 0.5) is 5.69 Å². The number of rotatable bonds is 8. The van der Waals surface area contributed by atoms with Crippen molar-refractivity contribution in [1.82, 2.24) is 10.6 Å². The molecule has 0 saturated heterocycles. The molecule has 0 bridgehead atoms. The Labute approximate surface area is 140 Å². The van der Waals surface area contributed by atoms with E-state index in [1.165, 1.54) is 11.8 Å². The van der Waals surface area contributed by atoms with Gasteiger partial charge < -0.3 is 16.0 Å². The van der Waals surface area contributed by atoms with Crippen LogP contribution in [0.15, 0.2) is 24.3 Å². The van der Waals surface area contributed by atoms with Crippen LogP contribution in [0.25, 0.3) is 0 Å². The van der Waals surface area contributed by atoms with Gasteiger partial charge in [0.25, 0.3) is 0 Å². The molecule has 126 valence electrons. The summed E-state index contributed by atoms with van der Waals surface area (Å²) in [5.41, 5.74) is 1.85.